The first-order valence-electron chi connectivity index (χ1n) is 9.33. The molecule has 0 N–H and O–H groups in total. The van der Waals surface area contributed by atoms with Crippen molar-refractivity contribution in [3.05, 3.63) is 92.6 Å². The summed E-state index contributed by atoms with van der Waals surface area (Å²) < 4.78 is 13.0. The van der Waals surface area contributed by atoms with Gasteiger partial charge < -0.3 is 9.26 Å². The van der Waals surface area contributed by atoms with Crippen LogP contribution in [0.15, 0.2) is 69.0 Å². The minimum atomic E-state index is -0.664. The Bertz CT molecular complexity index is 1320. The molecular formula is C22H20N4O4. The van der Waals surface area contributed by atoms with Gasteiger partial charge in [-0.25, -0.2) is 0 Å². The van der Waals surface area contributed by atoms with Gasteiger partial charge in [0.1, 0.15) is 12.3 Å². The van der Waals surface area contributed by atoms with E-state index in [-0.39, 0.29) is 12.4 Å². The Morgan fingerprint density at radius 1 is 1.00 bits per heavy atom. The fourth-order valence-electron chi connectivity index (χ4n) is 3.12. The summed E-state index contributed by atoms with van der Waals surface area (Å²) in [5.41, 5.74) is 2.04. The van der Waals surface area contributed by atoms with Crippen molar-refractivity contribution in [3.8, 4) is 22.8 Å². The lowest BCUT2D eigenvalue weighted by molar-refractivity contribution is 0.369. The summed E-state index contributed by atoms with van der Waals surface area (Å²) in [6.45, 7) is 3.84. The molecule has 0 saturated heterocycles. The third-order valence-corrected chi connectivity index (χ3v) is 4.80. The third-order valence-electron chi connectivity index (χ3n) is 4.80. The molecule has 152 valence electrons. The highest BCUT2D eigenvalue weighted by molar-refractivity contribution is 5.55. The topological polar surface area (TPSA) is 92.2 Å². The Balaban J connectivity index is 1.62. The Labute approximate surface area is 172 Å². The SMILES string of the molecule is COc1ccc(-c2noc(Cn3ccn(-c4cc(C)ccc4C)c(=O)c3=O)n2)cc1. The molecule has 0 atom stereocenters. The number of ether oxygens (including phenoxy) is 1. The van der Waals surface area contributed by atoms with Crippen molar-refractivity contribution in [2.24, 2.45) is 0 Å². The summed E-state index contributed by atoms with van der Waals surface area (Å²) in [5, 5.41) is 3.95. The van der Waals surface area contributed by atoms with E-state index < -0.39 is 11.1 Å². The van der Waals surface area contributed by atoms with Gasteiger partial charge in [-0.05, 0) is 55.3 Å². The number of methoxy groups -OCH3 is 1. The molecule has 0 aliphatic rings. The Kier molecular flexibility index (Phi) is 5.05. The van der Waals surface area contributed by atoms with E-state index in [1.54, 1.807) is 31.6 Å². The lowest BCUT2D eigenvalue weighted by Gasteiger charge is -2.11. The first-order valence-corrected chi connectivity index (χ1v) is 9.33. The Hall–Kier alpha value is -3.94. The number of hydrogen-bond donors (Lipinski definition) is 0. The first-order chi connectivity index (χ1) is 14.5. The van der Waals surface area contributed by atoms with Gasteiger partial charge in [-0.3, -0.25) is 18.7 Å². The Morgan fingerprint density at radius 2 is 1.77 bits per heavy atom. The van der Waals surface area contributed by atoms with Gasteiger partial charge in [-0.2, -0.15) is 4.98 Å². The first kappa shape index (κ1) is 19.4. The van der Waals surface area contributed by atoms with Crippen LogP contribution in [0.25, 0.3) is 17.1 Å². The second kappa shape index (κ2) is 7.82. The van der Waals surface area contributed by atoms with E-state index in [9.17, 15) is 9.59 Å². The lowest BCUT2D eigenvalue weighted by atomic mass is 10.1. The lowest BCUT2D eigenvalue weighted by Crippen LogP contribution is -2.40. The molecule has 4 aromatic rings. The average Bonchev–Trinajstić information content (AvgIpc) is 3.22. The van der Waals surface area contributed by atoms with E-state index in [0.29, 0.717) is 11.5 Å². The van der Waals surface area contributed by atoms with Crippen molar-refractivity contribution in [2.45, 2.75) is 20.4 Å². The molecule has 2 heterocycles. The van der Waals surface area contributed by atoms with Crippen molar-refractivity contribution < 1.29 is 9.26 Å². The number of hydrogen-bond acceptors (Lipinski definition) is 6. The zero-order chi connectivity index (χ0) is 21.3. The summed E-state index contributed by atoms with van der Waals surface area (Å²) in [4.78, 5) is 29.6. The van der Waals surface area contributed by atoms with Crippen LogP contribution in [-0.2, 0) is 6.54 Å². The van der Waals surface area contributed by atoms with Gasteiger partial charge >= 0.3 is 11.1 Å². The quantitative estimate of drug-likeness (QED) is 0.475. The van der Waals surface area contributed by atoms with Crippen LogP contribution in [0.3, 0.4) is 0 Å². The maximum atomic E-state index is 12.7. The molecule has 2 aromatic heterocycles. The summed E-state index contributed by atoms with van der Waals surface area (Å²) >= 11 is 0. The highest BCUT2D eigenvalue weighted by atomic mass is 16.5. The highest BCUT2D eigenvalue weighted by Gasteiger charge is 2.13. The van der Waals surface area contributed by atoms with Crippen LogP contribution in [-0.4, -0.2) is 26.4 Å². The van der Waals surface area contributed by atoms with Crippen LogP contribution in [0, 0.1) is 13.8 Å². The van der Waals surface area contributed by atoms with Crippen LogP contribution in [0.5, 0.6) is 5.75 Å². The second-order valence-electron chi connectivity index (χ2n) is 6.94. The minimum Gasteiger partial charge on any atom is -0.497 e. The van der Waals surface area contributed by atoms with Crippen LogP contribution < -0.4 is 15.9 Å². The summed E-state index contributed by atoms with van der Waals surface area (Å²) in [6, 6.07) is 13.0. The normalized spacial score (nSPS) is 10.9. The second-order valence-corrected chi connectivity index (χ2v) is 6.94. The van der Waals surface area contributed by atoms with Crippen LogP contribution >= 0.6 is 0 Å². The third kappa shape index (κ3) is 3.67. The van der Waals surface area contributed by atoms with Gasteiger partial charge in [0.05, 0.1) is 12.8 Å². The van der Waals surface area contributed by atoms with Crippen molar-refractivity contribution in [1.82, 2.24) is 19.3 Å². The number of aryl methyl sites for hydroxylation is 2. The molecule has 0 aliphatic heterocycles. The molecule has 0 bridgehead atoms. The van der Waals surface area contributed by atoms with Crippen molar-refractivity contribution in [1.29, 1.82) is 0 Å². The van der Waals surface area contributed by atoms with E-state index in [0.717, 1.165) is 22.4 Å². The zero-order valence-corrected chi connectivity index (χ0v) is 16.8. The summed E-state index contributed by atoms with van der Waals surface area (Å²) in [7, 11) is 1.59. The number of aromatic nitrogens is 4. The Morgan fingerprint density at radius 3 is 2.50 bits per heavy atom. The van der Waals surface area contributed by atoms with Gasteiger partial charge in [0.25, 0.3) is 0 Å². The van der Waals surface area contributed by atoms with Crippen LogP contribution in [0.2, 0.25) is 0 Å². The molecule has 0 saturated carbocycles. The predicted octanol–water partition coefficient (Wildman–Crippen LogP) is 2.72. The molecule has 8 heteroatoms. The van der Waals surface area contributed by atoms with Gasteiger partial charge in [0.2, 0.25) is 11.7 Å². The zero-order valence-electron chi connectivity index (χ0n) is 16.8. The van der Waals surface area contributed by atoms with E-state index in [2.05, 4.69) is 10.1 Å². The van der Waals surface area contributed by atoms with Crippen molar-refractivity contribution in [3.63, 3.8) is 0 Å². The van der Waals surface area contributed by atoms with Crippen molar-refractivity contribution in [2.75, 3.05) is 7.11 Å². The van der Waals surface area contributed by atoms with Gasteiger partial charge in [-0.1, -0.05) is 17.3 Å². The molecule has 4 rings (SSSR count). The van der Waals surface area contributed by atoms with E-state index in [4.69, 9.17) is 9.26 Å². The molecule has 0 unspecified atom stereocenters. The standard InChI is InChI=1S/C22H20N4O4/c1-14-4-5-15(2)18(12-14)26-11-10-25(21(27)22(26)28)13-19-23-20(24-30-19)16-6-8-17(29-3)9-7-16/h4-12H,13H2,1-3H3. The summed E-state index contributed by atoms with van der Waals surface area (Å²) in [6.07, 6.45) is 3.12. The maximum absolute atomic E-state index is 12.7. The molecule has 8 nitrogen and oxygen atoms in total. The molecular weight excluding hydrogens is 384 g/mol. The van der Waals surface area contributed by atoms with Gasteiger partial charge in [0, 0.05) is 18.0 Å². The minimum absolute atomic E-state index is 0.00483. The molecule has 2 aromatic carbocycles. The molecule has 30 heavy (non-hydrogen) atoms. The van der Waals surface area contributed by atoms with E-state index in [1.165, 1.54) is 9.13 Å². The smallest absolute Gasteiger partial charge is 0.320 e. The summed E-state index contributed by atoms with van der Waals surface area (Å²) in [5.74, 6) is 1.34. The molecule has 0 spiro atoms. The predicted molar refractivity (Wildman–Crippen MR) is 111 cm³/mol. The van der Waals surface area contributed by atoms with Crippen LogP contribution in [0.1, 0.15) is 17.0 Å². The van der Waals surface area contributed by atoms with E-state index in [1.807, 2.05) is 44.2 Å². The molecule has 0 amide bonds. The number of rotatable bonds is 5. The fraction of sp³-hybridized carbons (Fsp3) is 0.182. The largest absolute Gasteiger partial charge is 0.497 e. The number of benzene rings is 2. The fourth-order valence-corrected chi connectivity index (χ4v) is 3.12. The van der Waals surface area contributed by atoms with E-state index >= 15 is 0 Å². The van der Waals surface area contributed by atoms with Crippen LogP contribution in [0.4, 0.5) is 0 Å². The number of nitrogens with zero attached hydrogens (tertiary/aromatic N) is 4. The van der Waals surface area contributed by atoms with Gasteiger partial charge in [0.15, 0.2) is 0 Å². The molecule has 0 fully saturated rings. The average molecular weight is 404 g/mol. The molecule has 0 aliphatic carbocycles. The van der Waals surface area contributed by atoms with Crippen molar-refractivity contribution >= 4 is 0 Å². The monoisotopic (exact) mass is 404 g/mol. The molecule has 0 radical (unpaired) electrons. The highest BCUT2D eigenvalue weighted by Crippen LogP contribution is 2.20. The maximum Gasteiger partial charge on any atom is 0.320 e. The van der Waals surface area contributed by atoms with Gasteiger partial charge in [-0.15, -0.1) is 0 Å².